The lowest BCUT2D eigenvalue weighted by Gasteiger charge is -2.34. The van der Waals surface area contributed by atoms with Crippen LogP contribution in [0.15, 0.2) is 36.7 Å². The van der Waals surface area contributed by atoms with Crippen molar-refractivity contribution in [3.8, 4) is 0 Å². The van der Waals surface area contributed by atoms with Crippen molar-refractivity contribution in [3.63, 3.8) is 0 Å². The van der Waals surface area contributed by atoms with Crippen LogP contribution in [0.4, 0.5) is 16.3 Å². The number of aryl methyl sites for hydroxylation is 1. The third-order valence-electron chi connectivity index (χ3n) is 4.64. The van der Waals surface area contributed by atoms with Crippen molar-refractivity contribution in [3.05, 3.63) is 47.9 Å². The summed E-state index contributed by atoms with van der Waals surface area (Å²) in [5.74, 6) is 0.392. The zero-order valence-corrected chi connectivity index (χ0v) is 16.2. The fourth-order valence-electron chi connectivity index (χ4n) is 3.00. The average molecular weight is 383 g/mol. The summed E-state index contributed by atoms with van der Waals surface area (Å²) in [6.45, 7) is 6.58. The smallest absolute Gasteiger partial charge is 0.409 e. The number of hydrogen-bond donors (Lipinski definition) is 1. The zero-order valence-electron chi connectivity index (χ0n) is 16.2. The summed E-state index contributed by atoms with van der Waals surface area (Å²) in [4.78, 5) is 36.4. The highest BCUT2D eigenvalue weighted by molar-refractivity contribution is 6.03. The van der Waals surface area contributed by atoms with Crippen LogP contribution in [-0.2, 0) is 11.2 Å². The molecule has 1 N–H and O–H groups in total. The fourth-order valence-corrected chi connectivity index (χ4v) is 3.00. The van der Waals surface area contributed by atoms with Crippen LogP contribution in [0.1, 0.15) is 29.9 Å². The summed E-state index contributed by atoms with van der Waals surface area (Å²) in [6.07, 6.45) is 2.05. The van der Waals surface area contributed by atoms with Gasteiger partial charge in [-0.15, -0.1) is 0 Å². The van der Waals surface area contributed by atoms with Crippen molar-refractivity contribution in [1.82, 2.24) is 14.9 Å². The second-order valence-corrected chi connectivity index (χ2v) is 6.44. The number of hydrogen-bond acceptors (Lipinski definition) is 6. The third-order valence-corrected chi connectivity index (χ3v) is 4.64. The zero-order chi connectivity index (χ0) is 19.9. The molecule has 148 valence electrons. The van der Waals surface area contributed by atoms with Crippen molar-refractivity contribution in [2.24, 2.45) is 0 Å². The van der Waals surface area contributed by atoms with Crippen molar-refractivity contribution < 1.29 is 14.3 Å². The minimum atomic E-state index is -0.293. The monoisotopic (exact) mass is 383 g/mol. The molecule has 0 bridgehead atoms. The Balaban J connectivity index is 1.62. The minimum absolute atomic E-state index is 0.280. The maximum absolute atomic E-state index is 12.5. The van der Waals surface area contributed by atoms with Crippen LogP contribution in [0.2, 0.25) is 0 Å². The second kappa shape index (κ2) is 9.16. The summed E-state index contributed by atoms with van der Waals surface area (Å²) in [6, 6.07) is 9.42. The number of nitrogens with zero attached hydrogens (tertiary/aromatic N) is 4. The summed E-state index contributed by atoms with van der Waals surface area (Å²) in [7, 11) is 0. The van der Waals surface area contributed by atoms with Gasteiger partial charge >= 0.3 is 6.09 Å². The van der Waals surface area contributed by atoms with Gasteiger partial charge in [0.05, 0.1) is 6.61 Å². The molecule has 8 heteroatoms. The van der Waals surface area contributed by atoms with Crippen molar-refractivity contribution in [2.75, 3.05) is 43.0 Å². The second-order valence-electron chi connectivity index (χ2n) is 6.44. The molecule has 1 aromatic carbocycles. The molecule has 0 aliphatic carbocycles. The van der Waals surface area contributed by atoms with Gasteiger partial charge < -0.3 is 19.9 Å². The van der Waals surface area contributed by atoms with Gasteiger partial charge in [0.1, 0.15) is 17.8 Å². The van der Waals surface area contributed by atoms with Crippen LogP contribution >= 0.6 is 0 Å². The van der Waals surface area contributed by atoms with E-state index in [1.165, 1.54) is 11.9 Å². The molecule has 1 aliphatic heterocycles. The predicted octanol–water partition coefficient (Wildman–Crippen LogP) is 2.57. The quantitative estimate of drug-likeness (QED) is 0.854. The van der Waals surface area contributed by atoms with E-state index >= 15 is 0 Å². The largest absolute Gasteiger partial charge is 0.450 e. The number of carbonyl (C=O) groups excluding carboxylic acids is 2. The Morgan fingerprint density at radius 3 is 2.43 bits per heavy atom. The minimum Gasteiger partial charge on any atom is -0.450 e. The first-order chi connectivity index (χ1) is 13.6. The topological polar surface area (TPSA) is 87.7 Å². The van der Waals surface area contributed by atoms with Crippen molar-refractivity contribution in [2.45, 2.75) is 20.3 Å². The number of anilines is 2. The standard InChI is InChI=1S/C20H25N5O3/c1-3-15-5-7-16(8-6-15)23-19(26)17-13-18(22-14-21-17)24-9-11-25(12-10-24)20(27)28-4-2/h5-8,13-14H,3-4,9-12H2,1-2H3,(H,23,26). The molecule has 0 unspecified atom stereocenters. The van der Waals surface area contributed by atoms with Gasteiger partial charge in [0, 0.05) is 37.9 Å². The molecule has 0 saturated carbocycles. The number of amides is 2. The SMILES string of the molecule is CCOC(=O)N1CCN(c2cc(C(=O)Nc3ccc(CC)cc3)ncn2)CC1. The molecule has 3 rings (SSSR count). The van der Waals surface area contributed by atoms with Crippen molar-refractivity contribution >= 4 is 23.5 Å². The lowest BCUT2D eigenvalue weighted by Crippen LogP contribution is -2.49. The van der Waals surface area contributed by atoms with Gasteiger partial charge in [-0.2, -0.15) is 0 Å². The molecule has 2 amide bonds. The first-order valence-corrected chi connectivity index (χ1v) is 9.49. The van der Waals surface area contributed by atoms with Gasteiger partial charge in [-0.05, 0) is 31.0 Å². The van der Waals surface area contributed by atoms with Crippen LogP contribution in [0.3, 0.4) is 0 Å². The predicted molar refractivity (Wildman–Crippen MR) is 107 cm³/mol. The molecular formula is C20H25N5O3. The highest BCUT2D eigenvalue weighted by Crippen LogP contribution is 2.16. The Labute approximate surface area is 164 Å². The normalized spacial score (nSPS) is 13.9. The number of ether oxygens (including phenoxy) is 1. The van der Waals surface area contributed by atoms with E-state index in [1.807, 2.05) is 29.2 Å². The summed E-state index contributed by atoms with van der Waals surface area (Å²) in [5, 5.41) is 2.86. The number of benzene rings is 1. The Morgan fingerprint density at radius 1 is 1.07 bits per heavy atom. The van der Waals surface area contributed by atoms with Gasteiger partial charge in [0.25, 0.3) is 5.91 Å². The van der Waals surface area contributed by atoms with Gasteiger partial charge in [-0.25, -0.2) is 14.8 Å². The number of carbonyl (C=O) groups is 2. The first kappa shape index (κ1) is 19.6. The van der Waals surface area contributed by atoms with Crippen LogP contribution in [0.5, 0.6) is 0 Å². The molecule has 1 aromatic heterocycles. The molecule has 28 heavy (non-hydrogen) atoms. The van der Waals surface area contributed by atoms with E-state index in [1.54, 1.807) is 17.9 Å². The van der Waals surface area contributed by atoms with Gasteiger partial charge in [0.15, 0.2) is 0 Å². The highest BCUT2D eigenvalue weighted by Gasteiger charge is 2.23. The number of aromatic nitrogens is 2. The van der Waals surface area contributed by atoms with Gasteiger partial charge in [-0.1, -0.05) is 19.1 Å². The van der Waals surface area contributed by atoms with Gasteiger partial charge in [-0.3, -0.25) is 4.79 Å². The Morgan fingerprint density at radius 2 is 1.79 bits per heavy atom. The molecule has 0 radical (unpaired) electrons. The summed E-state index contributed by atoms with van der Waals surface area (Å²) >= 11 is 0. The molecular weight excluding hydrogens is 358 g/mol. The number of piperazine rings is 1. The Bertz CT molecular complexity index is 817. The maximum Gasteiger partial charge on any atom is 0.409 e. The van der Waals surface area contributed by atoms with E-state index < -0.39 is 0 Å². The average Bonchev–Trinajstić information content (AvgIpc) is 2.74. The molecule has 2 aromatic rings. The lowest BCUT2D eigenvalue weighted by atomic mass is 10.1. The first-order valence-electron chi connectivity index (χ1n) is 9.49. The number of nitrogens with one attached hydrogen (secondary N) is 1. The highest BCUT2D eigenvalue weighted by atomic mass is 16.6. The lowest BCUT2D eigenvalue weighted by molar-refractivity contribution is 0.102. The van der Waals surface area contributed by atoms with E-state index in [0.29, 0.717) is 44.3 Å². The van der Waals surface area contributed by atoms with Crippen LogP contribution in [0, 0.1) is 0 Å². The Hall–Kier alpha value is -3.16. The molecule has 8 nitrogen and oxygen atoms in total. The molecule has 1 aliphatic rings. The van der Waals surface area contributed by atoms with E-state index in [9.17, 15) is 9.59 Å². The molecule has 2 heterocycles. The number of rotatable bonds is 5. The summed E-state index contributed by atoms with van der Waals surface area (Å²) < 4.78 is 5.03. The molecule has 0 atom stereocenters. The van der Waals surface area contributed by atoms with E-state index in [0.717, 1.165) is 12.1 Å². The molecule has 0 spiro atoms. The Kier molecular flexibility index (Phi) is 6.41. The van der Waals surface area contributed by atoms with Crippen LogP contribution in [-0.4, -0.2) is 59.7 Å². The maximum atomic E-state index is 12.5. The summed E-state index contributed by atoms with van der Waals surface area (Å²) in [5.41, 5.74) is 2.24. The third kappa shape index (κ3) is 4.76. The van der Waals surface area contributed by atoms with Crippen LogP contribution < -0.4 is 10.2 Å². The van der Waals surface area contributed by atoms with E-state index in [4.69, 9.17) is 4.74 Å². The molecule has 1 saturated heterocycles. The van der Waals surface area contributed by atoms with E-state index in [2.05, 4.69) is 22.2 Å². The fraction of sp³-hybridized carbons (Fsp3) is 0.400. The van der Waals surface area contributed by atoms with Gasteiger partial charge in [0.2, 0.25) is 0 Å². The van der Waals surface area contributed by atoms with E-state index in [-0.39, 0.29) is 12.0 Å². The van der Waals surface area contributed by atoms with Crippen molar-refractivity contribution in [1.29, 1.82) is 0 Å². The van der Waals surface area contributed by atoms with Crippen LogP contribution in [0.25, 0.3) is 0 Å². The molecule has 1 fully saturated rings.